The van der Waals surface area contributed by atoms with Crippen LogP contribution in [0.15, 0.2) is 54.6 Å². The molecule has 0 aromatic heterocycles. The summed E-state index contributed by atoms with van der Waals surface area (Å²) in [7, 11) is 0. The Bertz CT molecular complexity index is 472. The fourth-order valence-corrected chi connectivity index (χ4v) is 1.89. The first-order valence-electron chi connectivity index (χ1n) is 5.26. The quantitative estimate of drug-likeness (QED) is 0.559. The van der Waals surface area contributed by atoms with Crippen LogP contribution < -0.4 is 0 Å². The summed E-state index contributed by atoms with van der Waals surface area (Å²) in [6.07, 6.45) is 4.27. The summed E-state index contributed by atoms with van der Waals surface area (Å²) in [5.74, 6) is 0. The van der Waals surface area contributed by atoms with Gasteiger partial charge in [-0.25, -0.2) is 0 Å². The van der Waals surface area contributed by atoms with Crippen LogP contribution in [0.5, 0.6) is 0 Å². The zero-order valence-corrected chi connectivity index (χ0v) is 10.5. The molecule has 16 heavy (non-hydrogen) atoms. The van der Waals surface area contributed by atoms with E-state index in [1.807, 2.05) is 6.07 Å². The van der Waals surface area contributed by atoms with Gasteiger partial charge >= 0.3 is 0 Å². The summed E-state index contributed by atoms with van der Waals surface area (Å²) < 4.78 is 0. The number of hydrogen-bond donors (Lipinski definition) is 0. The molecule has 2 rings (SSSR count). The summed E-state index contributed by atoms with van der Waals surface area (Å²) in [5.41, 5.74) is 3.77. The molecule has 0 amide bonds. The number of benzene rings is 2. The Kier molecular flexibility index (Phi) is 3.95. The molecule has 2 aromatic rings. The van der Waals surface area contributed by atoms with E-state index in [4.69, 9.17) is 0 Å². The van der Waals surface area contributed by atoms with E-state index in [0.717, 1.165) is 5.33 Å². The number of halogens is 1. The van der Waals surface area contributed by atoms with Gasteiger partial charge in [-0.15, -0.1) is 0 Å². The van der Waals surface area contributed by atoms with Crippen molar-refractivity contribution in [3.8, 4) is 0 Å². The van der Waals surface area contributed by atoms with Crippen LogP contribution in [0.4, 0.5) is 0 Å². The van der Waals surface area contributed by atoms with Crippen LogP contribution >= 0.6 is 15.9 Å². The molecule has 2 aromatic carbocycles. The second-order valence-electron chi connectivity index (χ2n) is 3.62. The monoisotopic (exact) mass is 272 g/mol. The Morgan fingerprint density at radius 2 is 1.50 bits per heavy atom. The van der Waals surface area contributed by atoms with Crippen LogP contribution in [-0.2, 0) is 5.33 Å². The summed E-state index contributed by atoms with van der Waals surface area (Å²) in [4.78, 5) is 0. The summed E-state index contributed by atoms with van der Waals surface area (Å²) >= 11 is 3.46. The van der Waals surface area contributed by atoms with Crippen molar-refractivity contribution in [1.82, 2.24) is 0 Å². The second-order valence-corrected chi connectivity index (χ2v) is 4.18. The van der Waals surface area contributed by atoms with Crippen molar-refractivity contribution in [3.05, 3.63) is 71.3 Å². The van der Waals surface area contributed by atoms with Gasteiger partial charge in [0.2, 0.25) is 0 Å². The van der Waals surface area contributed by atoms with Crippen molar-refractivity contribution >= 4 is 28.1 Å². The van der Waals surface area contributed by atoms with Gasteiger partial charge in [0, 0.05) is 5.33 Å². The van der Waals surface area contributed by atoms with Gasteiger partial charge in [0.1, 0.15) is 0 Å². The van der Waals surface area contributed by atoms with Crippen molar-refractivity contribution in [2.75, 3.05) is 0 Å². The van der Waals surface area contributed by atoms with E-state index < -0.39 is 0 Å². The molecule has 80 valence electrons. The third-order valence-corrected chi connectivity index (χ3v) is 3.02. The van der Waals surface area contributed by atoms with Gasteiger partial charge in [-0.05, 0) is 16.7 Å². The lowest BCUT2D eigenvalue weighted by Crippen LogP contribution is -1.78. The van der Waals surface area contributed by atoms with Gasteiger partial charge in [0.05, 0.1) is 0 Å². The zero-order valence-electron chi connectivity index (χ0n) is 8.94. The fraction of sp³-hybridized carbons (Fsp3) is 0.0667. The predicted octanol–water partition coefficient (Wildman–Crippen LogP) is 4.75. The van der Waals surface area contributed by atoms with Crippen LogP contribution in [0, 0.1) is 0 Å². The maximum atomic E-state index is 3.46. The minimum Gasteiger partial charge on any atom is -0.0876 e. The molecule has 0 atom stereocenters. The van der Waals surface area contributed by atoms with Crippen molar-refractivity contribution in [2.24, 2.45) is 0 Å². The maximum absolute atomic E-state index is 3.46. The highest BCUT2D eigenvalue weighted by Crippen LogP contribution is 2.12. The Labute approximate surface area is 105 Å². The normalized spacial score (nSPS) is 10.8. The van der Waals surface area contributed by atoms with Gasteiger partial charge in [0.25, 0.3) is 0 Å². The lowest BCUT2D eigenvalue weighted by atomic mass is 10.1. The zero-order chi connectivity index (χ0) is 11.2. The van der Waals surface area contributed by atoms with Gasteiger partial charge in [-0.2, -0.15) is 0 Å². The molecular weight excluding hydrogens is 260 g/mol. The first-order valence-corrected chi connectivity index (χ1v) is 6.39. The van der Waals surface area contributed by atoms with Crippen molar-refractivity contribution < 1.29 is 0 Å². The Balaban J connectivity index is 2.17. The van der Waals surface area contributed by atoms with Gasteiger partial charge in [-0.1, -0.05) is 82.7 Å². The highest BCUT2D eigenvalue weighted by molar-refractivity contribution is 9.08. The highest BCUT2D eigenvalue weighted by Gasteiger charge is 1.91. The van der Waals surface area contributed by atoms with Crippen LogP contribution in [0.2, 0.25) is 0 Å². The standard InChI is InChI=1S/C15H13Br/c16-12-15-8-4-7-14(11-15)10-9-13-5-2-1-3-6-13/h1-11H,12H2. The van der Waals surface area contributed by atoms with E-state index in [1.54, 1.807) is 0 Å². The highest BCUT2D eigenvalue weighted by atomic mass is 79.9. The van der Waals surface area contributed by atoms with E-state index in [2.05, 4.69) is 76.6 Å². The summed E-state index contributed by atoms with van der Waals surface area (Å²) in [6.45, 7) is 0. The molecule has 0 heterocycles. The van der Waals surface area contributed by atoms with E-state index >= 15 is 0 Å². The largest absolute Gasteiger partial charge is 0.0876 e. The molecular formula is C15H13Br. The maximum Gasteiger partial charge on any atom is 0.0283 e. The Hall–Kier alpha value is -1.34. The van der Waals surface area contributed by atoms with E-state index in [1.165, 1.54) is 16.7 Å². The third-order valence-electron chi connectivity index (χ3n) is 2.37. The molecule has 0 fully saturated rings. The topological polar surface area (TPSA) is 0 Å². The molecule has 0 aliphatic carbocycles. The lowest BCUT2D eigenvalue weighted by Gasteiger charge is -1.97. The predicted molar refractivity (Wildman–Crippen MR) is 74.4 cm³/mol. The minimum absolute atomic E-state index is 0.903. The average molecular weight is 273 g/mol. The number of alkyl halides is 1. The molecule has 0 spiro atoms. The molecule has 1 heteroatoms. The molecule has 0 radical (unpaired) electrons. The van der Waals surface area contributed by atoms with E-state index in [9.17, 15) is 0 Å². The minimum atomic E-state index is 0.903. The third kappa shape index (κ3) is 3.07. The van der Waals surface area contributed by atoms with Crippen molar-refractivity contribution in [1.29, 1.82) is 0 Å². The van der Waals surface area contributed by atoms with E-state index in [-0.39, 0.29) is 0 Å². The van der Waals surface area contributed by atoms with Gasteiger partial charge < -0.3 is 0 Å². The van der Waals surface area contributed by atoms with Crippen LogP contribution in [0.25, 0.3) is 12.2 Å². The van der Waals surface area contributed by atoms with E-state index in [0.29, 0.717) is 0 Å². The molecule has 0 aliphatic heterocycles. The second kappa shape index (κ2) is 5.66. The molecule has 0 aliphatic rings. The lowest BCUT2D eigenvalue weighted by molar-refractivity contribution is 1.43. The first-order chi connectivity index (χ1) is 7.88. The number of hydrogen-bond acceptors (Lipinski definition) is 0. The SMILES string of the molecule is BrCc1cccc(C=Cc2ccccc2)c1. The number of rotatable bonds is 3. The molecule has 0 unspecified atom stereocenters. The molecule has 0 saturated carbocycles. The molecule has 0 saturated heterocycles. The Morgan fingerprint density at radius 1 is 0.812 bits per heavy atom. The summed E-state index contributed by atoms with van der Waals surface area (Å²) in [6, 6.07) is 18.8. The van der Waals surface area contributed by atoms with Crippen LogP contribution in [0.1, 0.15) is 16.7 Å². The van der Waals surface area contributed by atoms with Crippen molar-refractivity contribution in [2.45, 2.75) is 5.33 Å². The fourth-order valence-electron chi connectivity index (χ4n) is 1.54. The van der Waals surface area contributed by atoms with Crippen LogP contribution in [-0.4, -0.2) is 0 Å². The molecule has 0 bridgehead atoms. The Morgan fingerprint density at radius 3 is 2.25 bits per heavy atom. The summed E-state index contributed by atoms with van der Waals surface area (Å²) in [5, 5.41) is 0.903. The average Bonchev–Trinajstić information content (AvgIpc) is 2.38. The van der Waals surface area contributed by atoms with Gasteiger partial charge in [0.15, 0.2) is 0 Å². The molecule has 0 nitrogen and oxygen atoms in total. The van der Waals surface area contributed by atoms with Crippen molar-refractivity contribution in [3.63, 3.8) is 0 Å². The molecule has 0 N–H and O–H groups in total. The van der Waals surface area contributed by atoms with Gasteiger partial charge in [-0.3, -0.25) is 0 Å². The smallest absolute Gasteiger partial charge is 0.0283 e. The van der Waals surface area contributed by atoms with Crippen LogP contribution in [0.3, 0.4) is 0 Å². The first kappa shape index (κ1) is 11.2.